The first-order valence-electron chi connectivity index (χ1n) is 8.70. The van der Waals surface area contributed by atoms with Gasteiger partial charge in [-0.1, -0.05) is 23.7 Å². The van der Waals surface area contributed by atoms with Crippen LogP contribution < -0.4 is 0 Å². The maximum Gasteiger partial charge on any atom is 0.181 e. The number of pyridine rings is 1. The van der Waals surface area contributed by atoms with Crippen LogP contribution in [0.25, 0.3) is 0 Å². The lowest BCUT2D eigenvalue weighted by Crippen LogP contribution is -2.41. The molecule has 0 N–H and O–H groups in total. The molecule has 1 aromatic carbocycles. The van der Waals surface area contributed by atoms with E-state index in [1.807, 2.05) is 30.3 Å². The molecule has 4 heteroatoms. The van der Waals surface area contributed by atoms with Gasteiger partial charge in [0.15, 0.2) is 5.67 Å². The molecule has 126 valence electrons. The van der Waals surface area contributed by atoms with Crippen LogP contribution in [-0.2, 0) is 18.5 Å². The molecule has 2 aliphatic rings. The minimum Gasteiger partial charge on any atom is -0.306 e. The molecule has 1 unspecified atom stereocenters. The zero-order valence-electron chi connectivity index (χ0n) is 13.9. The van der Waals surface area contributed by atoms with Crippen molar-refractivity contribution >= 4 is 11.6 Å². The monoisotopic (exact) mass is 344 g/mol. The number of hydrogen-bond donors (Lipinski definition) is 0. The summed E-state index contributed by atoms with van der Waals surface area (Å²) in [5, 5.41) is 0.679. The van der Waals surface area contributed by atoms with E-state index in [1.165, 1.54) is 0 Å². The predicted molar refractivity (Wildman–Crippen MR) is 95.2 cm³/mol. The van der Waals surface area contributed by atoms with Crippen LogP contribution in [0.1, 0.15) is 35.2 Å². The van der Waals surface area contributed by atoms with Gasteiger partial charge in [0.05, 0.1) is 5.69 Å². The smallest absolute Gasteiger partial charge is 0.181 e. The molecule has 4 rings (SSSR count). The van der Waals surface area contributed by atoms with E-state index in [2.05, 4.69) is 16.9 Å². The summed E-state index contributed by atoms with van der Waals surface area (Å²) in [7, 11) is 2.11. The van der Waals surface area contributed by atoms with Gasteiger partial charge in [0.25, 0.3) is 0 Å². The molecule has 0 bridgehead atoms. The molecule has 1 aliphatic heterocycles. The van der Waals surface area contributed by atoms with Crippen LogP contribution in [0.2, 0.25) is 5.02 Å². The Labute approximate surface area is 147 Å². The average Bonchev–Trinajstić information content (AvgIpc) is 2.71. The van der Waals surface area contributed by atoms with Gasteiger partial charge < -0.3 is 4.90 Å². The first kappa shape index (κ1) is 16.0. The van der Waals surface area contributed by atoms with Gasteiger partial charge in [0, 0.05) is 17.1 Å². The molecule has 1 fully saturated rings. The Morgan fingerprint density at radius 2 is 1.92 bits per heavy atom. The summed E-state index contributed by atoms with van der Waals surface area (Å²) in [4.78, 5) is 6.80. The molecular weight excluding hydrogens is 323 g/mol. The van der Waals surface area contributed by atoms with Crippen LogP contribution in [-0.4, -0.2) is 30.0 Å². The number of rotatable bonds is 1. The number of hydrogen-bond acceptors (Lipinski definition) is 2. The number of aryl methyl sites for hydroxylation is 2. The van der Waals surface area contributed by atoms with Gasteiger partial charge in [0.2, 0.25) is 0 Å². The lowest BCUT2D eigenvalue weighted by atomic mass is 9.74. The fourth-order valence-electron chi connectivity index (χ4n) is 4.31. The molecule has 1 saturated heterocycles. The van der Waals surface area contributed by atoms with Crippen molar-refractivity contribution in [3.63, 3.8) is 0 Å². The normalized spacial score (nSPS) is 25.0. The number of benzene rings is 1. The van der Waals surface area contributed by atoms with Gasteiger partial charge >= 0.3 is 0 Å². The molecule has 0 radical (unpaired) electrons. The largest absolute Gasteiger partial charge is 0.306 e. The highest BCUT2D eigenvalue weighted by Crippen LogP contribution is 2.48. The SMILES string of the molecule is CN1CCC(C2(F)c3ccc(Cl)cc3CCc3cccnc32)CC1. The van der Waals surface area contributed by atoms with Crippen LogP contribution in [0, 0.1) is 5.92 Å². The third kappa shape index (κ3) is 2.55. The lowest BCUT2D eigenvalue weighted by Gasteiger charge is -2.39. The van der Waals surface area contributed by atoms with Gasteiger partial charge in [-0.25, -0.2) is 4.39 Å². The van der Waals surface area contributed by atoms with Crippen LogP contribution >= 0.6 is 11.6 Å². The molecule has 1 aromatic heterocycles. The van der Waals surface area contributed by atoms with Crippen molar-refractivity contribution in [1.82, 2.24) is 9.88 Å². The average molecular weight is 345 g/mol. The first-order valence-corrected chi connectivity index (χ1v) is 9.07. The van der Waals surface area contributed by atoms with Gasteiger partial charge in [-0.05, 0) is 80.7 Å². The predicted octanol–water partition coefficient (Wildman–Crippen LogP) is 4.39. The maximum atomic E-state index is 16.8. The molecule has 1 atom stereocenters. The molecule has 0 amide bonds. The molecule has 1 aliphatic carbocycles. The summed E-state index contributed by atoms with van der Waals surface area (Å²) in [5.41, 5.74) is 1.95. The van der Waals surface area contributed by atoms with Crippen molar-refractivity contribution in [3.8, 4) is 0 Å². The Kier molecular flexibility index (Phi) is 4.09. The Balaban J connectivity index is 1.90. The van der Waals surface area contributed by atoms with E-state index in [-0.39, 0.29) is 5.92 Å². The van der Waals surface area contributed by atoms with Crippen molar-refractivity contribution in [1.29, 1.82) is 0 Å². The van der Waals surface area contributed by atoms with E-state index in [1.54, 1.807) is 6.20 Å². The zero-order valence-corrected chi connectivity index (χ0v) is 14.7. The number of fused-ring (bicyclic) bond motifs is 2. The molecule has 2 nitrogen and oxygen atoms in total. The number of piperidine rings is 1. The second kappa shape index (κ2) is 6.12. The van der Waals surface area contributed by atoms with Crippen molar-refractivity contribution in [2.24, 2.45) is 5.92 Å². The van der Waals surface area contributed by atoms with Gasteiger partial charge in [-0.2, -0.15) is 0 Å². The Bertz CT molecular complexity index is 755. The Morgan fingerprint density at radius 1 is 1.17 bits per heavy atom. The standard InChI is InChI=1S/C20H22ClFN2/c1-24-11-8-16(9-12-24)20(22)18-7-6-17(21)13-15(18)5-4-14-3-2-10-23-19(14)20/h2-3,6-7,10,13,16H,4-5,8-9,11-12H2,1H3. The zero-order chi connectivity index (χ0) is 16.7. The second-order valence-corrected chi connectivity index (χ2v) is 7.54. The van der Waals surface area contributed by atoms with Crippen LogP contribution in [0.3, 0.4) is 0 Å². The fourth-order valence-corrected chi connectivity index (χ4v) is 4.50. The summed E-state index contributed by atoms with van der Waals surface area (Å²) in [5.74, 6) is -0.0413. The topological polar surface area (TPSA) is 16.1 Å². The van der Waals surface area contributed by atoms with Crippen LogP contribution in [0.5, 0.6) is 0 Å². The lowest BCUT2D eigenvalue weighted by molar-refractivity contribution is 0.0667. The van der Waals surface area contributed by atoms with Crippen molar-refractivity contribution < 1.29 is 4.39 Å². The van der Waals surface area contributed by atoms with Crippen molar-refractivity contribution in [3.05, 3.63) is 63.9 Å². The minimum atomic E-state index is -1.52. The molecule has 2 aromatic rings. The van der Waals surface area contributed by atoms with E-state index >= 15 is 4.39 Å². The summed E-state index contributed by atoms with van der Waals surface area (Å²) >= 11 is 6.19. The van der Waals surface area contributed by atoms with Crippen LogP contribution in [0.4, 0.5) is 4.39 Å². The number of halogens is 2. The second-order valence-electron chi connectivity index (χ2n) is 7.10. The highest BCUT2D eigenvalue weighted by molar-refractivity contribution is 6.30. The molecule has 0 saturated carbocycles. The minimum absolute atomic E-state index is 0.0413. The Morgan fingerprint density at radius 3 is 2.71 bits per heavy atom. The van der Waals surface area contributed by atoms with Crippen molar-refractivity contribution in [2.45, 2.75) is 31.4 Å². The molecule has 2 heterocycles. The molecular formula is C20H22ClFN2. The van der Waals surface area contributed by atoms with Gasteiger partial charge in [-0.3, -0.25) is 4.98 Å². The van der Waals surface area contributed by atoms with Gasteiger partial charge in [-0.15, -0.1) is 0 Å². The number of aromatic nitrogens is 1. The first-order chi connectivity index (χ1) is 11.6. The summed E-state index contributed by atoms with van der Waals surface area (Å²) in [6.07, 6.45) is 5.06. The molecule has 0 spiro atoms. The highest BCUT2D eigenvalue weighted by atomic mass is 35.5. The van der Waals surface area contributed by atoms with Gasteiger partial charge in [0.1, 0.15) is 0 Å². The Hall–Kier alpha value is -1.45. The maximum absolute atomic E-state index is 16.8. The van der Waals surface area contributed by atoms with E-state index in [4.69, 9.17) is 11.6 Å². The van der Waals surface area contributed by atoms with Crippen molar-refractivity contribution in [2.75, 3.05) is 20.1 Å². The van der Waals surface area contributed by atoms with E-state index < -0.39 is 5.67 Å². The number of likely N-dealkylation sites (tertiary alicyclic amines) is 1. The van der Waals surface area contributed by atoms with E-state index in [9.17, 15) is 0 Å². The van der Waals surface area contributed by atoms with E-state index in [0.717, 1.165) is 55.5 Å². The summed E-state index contributed by atoms with van der Waals surface area (Å²) in [6.45, 7) is 1.86. The van der Waals surface area contributed by atoms with E-state index in [0.29, 0.717) is 10.7 Å². The molecule has 24 heavy (non-hydrogen) atoms. The summed E-state index contributed by atoms with van der Waals surface area (Å²) < 4.78 is 16.8. The summed E-state index contributed by atoms with van der Waals surface area (Å²) in [6, 6.07) is 9.58. The third-order valence-electron chi connectivity index (χ3n) is 5.64. The highest BCUT2D eigenvalue weighted by Gasteiger charge is 2.48. The quantitative estimate of drug-likeness (QED) is 0.762. The number of alkyl halides is 1. The van der Waals surface area contributed by atoms with Crippen LogP contribution in [0.15, 0.2) is 36.5 Å². The third-order valence-corrected chi connectivity index (χ3v) is 5.88. The fraction of sp³-hybridized carbons (Fsp3) is 0.450. The number of nitrogens with zero attached hydrogens (tertiary/aromatic N) is 2.